The average Bonchev–Trinajstić information content (AvgIpc) is 2.36. The van der Waals surface area contributed by atoms with Crippen LogP contribution in [0.1, 0.15) is 32.8 Å². The molecule has 0 aromatic heterocycles. The van der Waals surface area contributed by atoms with Crippen molar-refractivity contribution < 1.29 is 12.8 Å². The summed E-state index contributed by atoms with van der Waals surface area (Å²) >= 11 is 4.78. The van der Waals surface area contributed by atoms with Gasteiger partial charge in [-0.3, -0.25) is 0 Å². The number of nitrogens with zero attached hydrogens (tertiary/aromatic N) is 1. The molecular formula is C14H21FN2O2S2. The Balaban J connectivity index is 3.32. The van der Waals surface area contributed by atoms with Crippen molar-refractivity contribution in [3.05, 3.63) is 29.6 Å². The minimum Gasteiger partial charge on any atom is -0.389 e. The Kier molecular flexibility index (Phi) is 5.83. The first-order chi connectivity index (χ1) is 9.59. The van der Waals surface area contributed by atoms with Crippen LogP contribution in [0.25, 0.3) is 0 Å². The molecule has 0 aliphatic rings. The van der Waals surface area contributed by atoms with Gasteiger partial charge in [0.2, 0.25) is 10.0 Å². The van der Waals surface area contributed by atoms with Crippen molar-refractivity contribution in [2.45, 2.75) is 38.1 Å². The molecule has 118 valence electrons. The lowest BCUT2D eigenvalue weighted by molar-refractivity contribution is 0.337. The second-order valence-corrected chi connectivity index (χ2v) is 7.88. The molecule has 0 aliphatic heterocycles. The van der Waals surface area contributed by atoms with Gasteiger partial charge in [0.15, 0.2) is 0 Å². The van der Waals surface area contributed by atoms with E-state index in [1.807, 2.05) is 20.8 Å². The summed E-state index contributed by atoms with van der Waals surface area (Å²) in [5, 5.41) is 0. The number of rotatable bonds is 6. The maximum Gasteiger partial charge on any atom is 0.243 e. The Bertz CT molecular complexity index is 630. The van der Waals surface area contributed by atoms with Crippen LogP contribution in [0.2, 0.25) is 0 Å². The molecule has 0 bridgehead atoms. The first-order valence-corrected chi connectivity index (χ1v) is 8.50. The zero-order chi connectivity index (χ0) is 16.4. The van der Waals surface area contributed by atoms with Crippen molar-refractivity contribution in [2.24, 2.45) is 11.7 Å². The van der Waals surface area contributed by atoms with Crippen molar-refractivity contribution in [2.75, 3.05) is 7.05 Å². The highest BCUT2D eigenvalue weighted by Gasteiger charge is 2.29. The fraction of sp³-hybridized carbons (Fsp3) is 0.500. The van der Waals surface area contributed by atoms with Gasteiger partial charge in [-0.1, -0.05) is 32.1 Å². The van der Waals surface area contributed by atoms with Crippen molar-refractivity contribution in [3.8, 4) is 0 Å². The lowest BCUT2D eigenvalue weighted by Crippen LogP contribution is -2.37. The van der Waals surface area contributed by atoms with E-state index in [0.717, 1.165) is 6.07 Å². The monoisotopic (exact) mass is 332 g/mol. The van der Waals surface area contributed by atoms with Gasteiger partial charge in [-0.25, -0.2) is 12.8 Å². The van der Waals surface area contributed by atoms with Crippen LogP contribution < -0.4 is 5.73 Å². The van der Waals surface area contributed by atoms with Crippen molar-refractivity contribution in [1.29, 1.82) is 0 Å². The first kappa shape index (κ1) is 18.0. The smallest absolute Gasteiger partial charge is 0.243 e. The quantitative estimate of drug-likeness (QED) is 0.813. The fourth-order valence-electron chi connectivity index (χ4n) is 2.18. The Morgan fingerprint density at radius 2 is 1.95 bits per heavy atom. The van der Waals surface area contributed by atoms with E-state index in [1.165, 1.54) is 23.5 Å². The van der Waals surface area contributed by atoms with E-state index in [-0.39, 0.29) is 21.5 Å². The molecule has 0 amide bonds. The van der Waals surface area contributed by atoms with Gasteiger partial charge >= 0.3 is 0 Å². The standard InChI is InChI=1S/C14H21FN2O2S2/c1-9(2)8-10(3)17(4)21(18,19)12-7-5-6-11(15)13(12)14(16)20/h5-7,9-10H,8H2,1-4H3,(H2,16,20). The van der Waals surface area contributed by atoms with E-state index in [1.54, 1.807) is 0 Å². The zero-order valence-corrected chi connectivity index (χ0v) is 14.3. The van der Waals surface area contributed by atoms with Gasteiger partial charge in [0.1, 0.15) is 10.8 Å². The molecule has 0 saturated heterocycles. The second kappa shape index (κ2) is 6.81. The third kappa shape index (κ3) is 3.99. The summed E-state index contributed by atoms with van der Waals surface area (Å²) in [6.45, 7) is 5.84. The molecule has 1 aromatic rings. The number of sulfonamides is 1. The van der Waals surface area contributed by atoms with Gasteiger partial charge in [0.05, 0.1) is 10.5 Å². The van der Waals surface area contributed by atoms with E-state index in [0.29, 0.717) is 12.3 Å². The molecule has 4 nitrogen and oxygen atoms in total. The van der Waals surface area contributed by atoms with Crippen LogP contribution in [0.4, 0.5) is 4.39 Å². The molecule has 1 aromatic carbocycles. The maximum atomic E-state index is 13.9. The maximum absolute atomic E-state index is 13.9. The van der Waals surface area contributed by atoms with Crippen LogP contribution in [0.3, 0.4) is 0 Å². The van der Waals surface area contributed by atoms with Crippen molar-refractivity contribution in [3.63, 3.8) is 0 Å². The molecule has 1 unspecified atom stereocenters. The normalized spacial score (nSPS) is 13.7. The fourth-order valence-corrected chi connectivity index (χ4v) is 4.04. The Hall–Kier alpha value is -1.05. The molecule has 1 rings (SSSR count). The van der Waals surface area contributed by atoms with E-state index in [4.69, 9.17) is 18.0 Å². The predicted molar refractivity (Wildman–Crippen MR) is 86.2 cm³/mol. The van der Waals surface area contributed by atoms with E-state index < -0.39 is 15.8 Å². The molecule has 7 heteroatoms. The topological polar surface area (TPSA) is 63.4 Å². The third-order valence-corrected chi connectivity index (χ3v) is 5.53. The lowest BCUT2D eigenvalue weighted by Gasteiger charge is -2.26. The third-order valence-electron chi connectivity index (χ3n) is 3.31. The molecule has 1 atom stereocenters. The van der Waals surface area contributed by atoms with Gasteiger partial charge in [-0.2, -0.15) is 4.31 Å². The summed E-state index contributed by atoms with van der Waals surface area (Å²) in [7, 11) is -2.37. The second-order valence-electron chi connectivity index (χ2n) is 5.48. The van der Waals surface area contributed by atoms with E-state index >= 15 is 0 Å². The van der Waals surface area contributed by atoms with Crippen LogP contribution >= 0.6 is 12.2 Å². The average molecular weight is 332 g/mol. The largest absolute Gasteiger partial charge is 0.389 e. The van der Waals surface area contributed by atoms with Crippen LogP contribution in [-0.4, -0.2) is 30.8 Å². The summed E-state index contributed by atoms with van der Waals surface area (Å²) in [6.07, 6.45) is 0.702. The van der Waals surface area contributed by atoms with Gasteiger partial charge in [-0.15, -0.1) is 0 Å². The first-order valence-electron chi connectivity index (χ1n) is 6.65. The van der Waals surface area contributed by atoms with Crippen molar-refractivity contribution >= 4 is 27.2 Å². The summed E-state index contributed by atoms with van der Waals surface area (Å²) in [5.41, 5.74) is 5.25. The molecule has 0 heterocycles. The number of halogens is 1. The molecule has 0 radical (unpaired) electrons. The number of thiocarbonyl (C=S) groups is 1. The SMILES string of the molecule is CC(C)CC(C)N(C)S(=O)(=O)c1cccc(F)c1C(N)=S. The molecule has 0 saturated carbocycles. The lowest BCUT2D eigenvalue weighted by atomic mass is 10.1. The van der Waals surface area contributed by atoms with Crippen LogP contribution in [0.5, 0.6) is 0 Å². The molecular weight excluding hydrogens is 311 g/mol. The highest BCUT2D eigenvalue weighted by atomic mass is 32.2. The van der Waals surface area contributed by atoms with Crippen LogP contribution in [-0.2, 0) is 10.0 Å². The highest BCUT2D eigenvalue weighted by Crippen LogP contribution is 2.24. The summed E-state index contributed by atoms with van der Waals surface area (Å²) < 4.78 is 40.4. The Labute approximate surface area is 131 Å². The number of hydrogen-bond donors (Lipinski definition) is 1. The summed E-state index contributed by atoms with van der Waals surface area (Å²) in [4.78, 5) is -0.454. The highest BCUT2D eigenvalue weighted by molar-refractivity contribution is 7.89. The number of nitrogens with two attached hydrogens (primary N) is 1. The zero-order valence-electron chi connectivity index (χ0n) is 12.6. The van der Waals surface area contributed by atoms with E-state index in [2.05, 4.69) is 0 Å². The summed E-state index contributed by atoms with van der Waals surface area (Å²) in [6, 6.07) is 3.60. The summed E-state index contributed by atoms with van der Waals surface area (Å²) in [5.74, 6) is -0.381. The van der Waals surface area contributed by atoms with Gasteiger partial charge in [0, 0.05) is 13.1 Å². The molecule has 0 fully saturated rings. The van der Waals surface area contributed by atoms with Gasteiger partial charge in [0.25, 0.3) is 0 Å². The van der Waals surface area contributed by atoms with E-state index in [9.17, 15) is 12.8 Å². The van der Waals surface area contributed by atoms with Crippen LogP contribution in [0.15, 0.2) is 23.1 Å². The minimum atomic E-state index is -3.86. The number of hydrogen-bond acceptors (Lipinski definition) is 3. The molecule has 2 N–H and O–H groups in total. The minimum absolute atomic E-state index is 0.187. The predicted octanol–water partition coefficient (Wildman–Crippen LogP) is 2.52. The van der Waals surface area contributed by atoms with Crippen molar-refractivity contribution in [1.82, 2.24) is 4.31 Å². The van der Waals surface area contributed by atoms with Gasteiger partial charge < -0.3 is 5.73 Å². The Morgan fingerprint density at radius 3 is 2.43 bits per heavy atom. The molecule has 21 heavy (non-hydrogen) atoms. The molecule has 0 spiro atoms. The molecule has 0 aliphatic carbocycles. The van der Waals surface area contributed by atoms with Gasteiger partial charge in [-0.05, 0) is 31.4 Å². The Morgan fingerprint density at radius 1 is 1.38 bits per heavy atom. The van der Waals surface area contributed by atoms with Crippen LogP contribution in [0, 0.1) is 11.7 Å². The number of benzene rings is 1.